The highest BCUT2D eigenvalue weighted by Crippen LogP contribution is 2.46. The number of rotatable bonds is 5. The lowest BCUT2D eigenvalue weighted by Gasteiger charge is -2.43. The first-order valence-corrected chi connectivity index (χ1v) is 10.5. The summed E-state index contributed by atoms with van der Waals surface area (Å²) in [6.45, 7) is 0.731. The van der Waals surface area contributed by atoms with Crippen molar-refractivity contribution in [2.45, 2.75) is 37.3 Å². The lowest BCUT2D eigenvalue weighted by molar-refractivity contribution is -0.383. The SMILES string of the molecule is CN1C2CCC1C(CNc1ccc([N+](=O)[O-])c3nonc13)C(c1ccc(Cl)cc1)C2. The van der Waals surface area contributed by atoms with Gasteiger partial charge in [0.2, 0.25) is 5.52 Å². The van der Waals surface area contributed by atoms with Gasteiger partial charge in [0.1, 0.15) is 0 Å². The first-order valence-electron chi connectivity index (χ1n) is 10.1. The van der Waals surface area contributed by atoms with E-state index in [9.17, 15) is 10.1 Å². The van der Waals surface area contributed by atoms with Gasteiger partial charge in [-0.15, -0.1) is 0 Å². The van der Waals surface area contributed by atoms with Gasteiger partial charge in [-0.3, -0.25) is 10.1 Å². The van der Waals surface area contributed by atoms with E-state index in [1.807, 2.05) is 12.1 Å². The van der Waals surface area contributed by atoms with E-state index in [1.54, 1.807) is 6.07 Å². The average molecular weight is 428 g/mol. The summed E-state index contributed by atoms with van der Waals surface area (Å²) >= 11 is 6.11. The zero-order valence-corrected chi connectivity index (χ0v) is 17.2. The van der Waals surface area contributed by atoms with Gasteiger partial charge in [-0.1, -0.05) is 23.7 Å². The maximum absolute atomic E-state index is 11.2. The zero-order valence-electron chi connectivity index (χ0n) is 16.5. The van der Waals surface area contributed by atoms with Gasteiger partial charge in [0.25, 0.3) is 0 Å². The second kappa shape index (κ2) is 7.52. The minimum absolute atomic E-state index is 0.105. The number of halogens is 1. The monoisotopic (exact) mass is 427 g/mol. The van der Waals surface area contributed by atoms with Crippen molar-refractivity contribution in [1.82, 2.24) is 15.2 Å². The van der Waals surface area contributed by atoms with Crippen LogP contribution in [-0.4, -0.2) is 45.8 Å². The molecule has 2 aliphatic rings. The van der Waals surface area contributed by atoms with Crippen LogP contribution in [0.15, 0.2) is 41.0 Å². The van der Waals surface area contributed by atoms with E-state index in [4.69, 9.17) is 16.2 Å². The fraction of sp³-hybridized carbons (Fsp3) is 0.429. The van der Waals surface area contributed by atoms with Gasteiger partial charge in [0, 0.05) is 29.7 Å². The van der Waals surface area contributed by atoms with Crippen LogP contribution in [0, 0.1) is 16.0 Å². The quantitative estimate of drug-likeness (QED) is 0.474. The predicted octanol–water partition coefficient (Wildman–Crippen LogP) is 4.46. The molecule has 3 aromatic rings. The molecule has 0 amide bonds. The minimum Gasteiger partial charge on any atom is -0.383 e. The molecule has 1 aromatic heterocycles. The average Bonchev–Trinajstić information content (AvgIpc) is 3.30. The summed E-state index contributed by atoms with van der Waals surface area (Å²) < 4.78 is 4.79. The maximum Gasteiger partial charge on any atom is 0.300 e. The molecule has 4 atom stereocenters. The minimum atomic E-state index is -0.471. The van der Waals surface area contributed by atoms with Crippen LogP contribution in [0.2, 0.25) is 5.02 Å². The Labute approximate surface area is 178 Å². The van der Waals surface area contributed by atoms with E-state index < -0.39 is 4.92 Å². The number of nitro groups is 1. The van der Waals surface area contributed by atoms with Crippen molar-refractivity contribution < 1.29 is 9.55 Å². The highest BCUT2D eigenvalue weighted by molar-refractivity contribution is 6.30. The molecular formula is C21H22ClN5O3. The molecule has 9 heteroatoms. The van der Waals surface area contributed by atoms with Crippen LogP contribution in [-0.2, 0) is 0 Å². The molecule has 5 rings (SSSR count). The van der Waals surface area contributed by atoms with Crippen molar-refractivity contribution in [3.8, 4) is 0 Å². The third kappa shape index (κ3) is 3.20. The van der Waals surface area contributed by atoms with Gasteiger partial charge in [-0.25, -0.2) is 4.63 Å². The van der Waals surface area contributed by atoms with Crippen LogP contribution >= 0.6 is 11.6 Å². The molecule has 2 aromatic carbocycles. The van der Waals surface area contributed by atoms with Crippen LogP contribution < -0.4 is 5.32 Å². The molecule has 0 radical (unpaired) electrons. The van der Waals surface area contributed by atoms with Gasteiger partial charge in [0.05, 0.1) is 10.6 Å². The summed E-state index contributed by atoms with van der Waals surface area (Å²) in [5.41, 5.74) is 2.47. The van der Waals surface area contributed by atoms with Gasteiger partial charge < -0.3 is 10.2 Å². The summed E-state index contributed by atoms with van der Waals surface area (Å²) in [6, 6.07) is 12.4. The second-order valence-corrected chi connectivity index (χ2v) is 8.69. The lowest BCUT2D eigenvalue weighted by Crippen LogP contribution is -2.48. The summed E-state index contributed by atoms with van der Waals surface area (Å²) in [7, 11) is 2.22. The Balaban J connectivity index is 1.44. The molecule has 0 spiro atoms. The summed E-state index contributed by atoms with van der Waals surface area (Å²) in [4.78, 5) is 13.3. The van der Waals surface area contributed by atoms with Crippen molar-refractivity contribution in [2.24, 2.45) is 5.92 Å². The van der Waals surface area contributed by atoms with E-state index in [1.165, 1.54) is 24.5 Å². The Morgan fingerprint density at radius 2 is 1.97 bits per heavy atom. The van der Waals surface area contributed by atoms with E-state index in [2.05, 4.69) is 39.7 Å². The van der Waals surface area contributed by atoms with Crippen molar-refractivity contribution >= 4 is 34.0 Å². The lowest BCUT2D eigenvalue weighted by atomic mass is 9.76. The number of benzene rings is 2. The Morgan fingerprint density at radius 3 is 2.73 bits per heavy atom. The van der Waals surface area contributed by atoms with Gasteiger partial charge in [0.15, 0.2) is 5.52 Å². The number of nitrogens with zero attached hydrogens (tertiary/aromatic N) is 4. The number of nitro benzene ring substituents is 1. The largest absolute Gasteiger partial charge is 0.383 e. The second-order valence-electron chi connectivity index (χ2n) is 8.25. The zero-order chi connectivity index (χ0) is 20.8. The number of nitrogens with one attached hydrogen (secondary N) is 1. The fourth-order valence-corrected chi connectivity index (χ4v) is 5.45. The number of anilines is 1. The molecule has 2 bridgehead atoms. The molecule has 30 heavy (non-hydrogen) atoms. The molecule has 156 valence electrons. The fourth-order valence-electron chi connectivity index (χ4n) is 5.32. The molecule has 8 nitrogen and oxygen atoms in total. The standard InChI is InChI=1S/C21H22ClN5O3/c1-26-14-6-8-18(26)16(15(10-14)12-2-4-13(22)5-3-12)11-23-17-7-9-19(27(28)29)21-20(17)24-30-25-21/h2-5,7,9,14-16,18,23H,6,8,10-11H2,1H3. The first-order chi connectivity index (χ1) is 14.5. The molecule has 2 fully saturated rings. The molecule has 2 saturated heterocycles. The molecular weight excluding hydrogens is 406 g/mol. The van der Waals surface area contributed by atoms with E-state index in [0.717, 1.165) is 18.0 Å². The van der Waals surface area contributed by atoms with Gasteiger partial charge >= 0.3 is 5.69 Å². The van der Waals surface area contributed by atoms with E-state index in [-0.39, 0.29) is 11.2 Å². The molecule has 0 aliphatic carbocycles. The summed E-state index contributed by atoms with van der Waals surface area (Å²) in [5.74, 6) is 0.812. The third-order valence-corrected chi connectivity index (χ3v) is 7.10. The number of aromatic nitrogens is 2. The van der Waals surface area contributed by atoms with Crippen LogP contribution in [0.25, 0.3) is 11.0 Å². The molecule has 1 N–H and O–H groups in total. The molecule has 0 saturated carbocycles. The number of piperidine rings is 1. The summed E-state index contributed by atoms with van der Waals surface area (Å²) in [5, 5.41) is 23.1. The molecule has 4 unspecified atom stereocenters. The van der Waals surface area contributed by atoms with Gasteiger partial charge in [-0.05, 0) is 72.2 Å². The third-order valence-electron chi connectivity index (χ3n) is 6.85. The molecule has 2 aliphatic heterocycles. The first kappa shape index (κ1) is 19.3. The summed E-state index contributed by atoms with van der Waals surface area (Å²) in [6.07, 6.45) is 3.51. The Kier molecular flexibility index (Phi) is 4.83. The highest BCUT2D eigenvalue weighted by Gasteiger charge is 2.45. The van der Waals surface area contributed by atoms with Crippen molar-refractivity contribution in [1.29, 1.82) is 0 Å². The van der Waals surface area contributed by atoms with E-state index >= 15 is 0 Å². The van der Waals surface area contributed by atoms with Crippen molar-refractivity contribution in [3.05, 3.63) is 57.1 Å². The normalized spacial score (nSPS) is 26.2. The van der Waals surface area contributed by atoms with Crippen molar-refractivity contribution in [3.63, 3.8) is 0 Å². The smallest absolute Gasteiger partial charge is 0.300 e. The number of hydrogen-bond donors (Lipinski definition) is 1. The Morgan fingerprint density at radius 1 is 1.20 bits per heavy atom. The Bertz CT molecular complexity index is 1090. The predicted molar refractivity (Wildman–Crippen MR) is 114 cm³/mol. The van der Waals surface area contributed by atoms with E-state index in [0.29, 0.717) is 35.1 Å². The topological polar surface area (TPSA) is 97.3 Å². The highest BCUT2D eigenvalue weighted by atomic mass is 35.5. The van der Waals surface area contributed by atoms with Crippen molar-refractivity contribution in [2.75, 3.05) is 18.9 Å². The van der Waals surface area contributed by atoms with Crippen LogP contribution in [0.5, 0.6) is 0 Å². The van der Waals surface area contributed by atoms with Crippen LogP contribution in [0.1, 0.15) is 30.7 Å². The molecule has 3 heterocycles. The Hall–Kier alpha value is -2.71. The number of non-ortho nitro benzene ring substituents is 1. The van der Waals surface area contributed by atoms with Gasteiger partial charge in [-0.2, -0.15) is 0 Å². The number of fused-ring (bicyclic) bond motifs is 3. The maximum atomic E-state index is 11.2. The van der Waals surface area contributed by atoms with Crippen LogP contribution in [0.3, 0.4) is 0 Å². The van der Waals surface area contributed by atoms with Crippen LogP contribution in [0.4, 0.5) is 11.4 Å². The number of hydrogen-bond acceptors (Lipinski definition) is 7.